The topological polar surface area (TPSA) is 25.9 Å². The molecule has 0 spiro atoms. The van der Waals surface area contributed by atoms with Crippen LogP contribution in [0.1, 0.15) is 89.0 Å². The second-order valence-electron chi connectivity index (χ2n) is 32.1. The molecular weight excluding hydrogens is 1650 g/mol. The molecule has 8 nitrogen and oxygen atoms in total. The van der Waals surface area contributed by atoms with Gasteiger partial charge in [-0.2, -0.15) is 0 Å². The molecule has 0 radical (unpaired) electrons. The summed E-state index contributed by atoms with van der Waals surface area (Å²) in [5.74, 6) is -19.8. The van der Waals surface area contributed by atoms with Crippen LogP contribution in [0, 0.1) is 105 Å². The molecule has 0 bridgehead atoms. The van der Waals surface area contributed by atoms with Gasteiger partial charge < -0.3 is 39.2 Å². The van der Waals surface area contributed by atoms with Gasteiger partial charge in [0.2, 0.25) is 0 Å². The Morgan fingerprint density at radius 2 is 0.320 bits per heavy atom. The second-order valence-corrected chi connectivity index (χ2v) is 32.1. The Kier molecular flexibility index (Phi) is 27.1. The molecule has 0 saturated heterocycles. The van der Waals surface area contributed by atoms with Crippen LogP contribution in [-0.2, 0) is 0 Å². The highest BCUT2D eigenvalue weighted by Gasteiger charge is 2.36. The van der Waals surface area contributed by atoms with Crippen molar-refractivity contribution in [2.75, 3.05) is 152 Å². The minimum Gasteiger partial charge on any atom is -0.378 e. The Morgan fingerprint density at radius 1 is 0.172 bits per heavy atom. The molecule has 0 aliphatic rings. The number of hydrogen-bond acceptors (Lipinski definition) is 8. The van der Waals surface area contributed by atoms with Crippen molar-refractivity contribution >= 4 is 92.1 Å². The van der Waals surface area contributed by atoms with Gasteiger partial charge in [0.25, 0.3) is 0 Å². The lowest BCUT2D eigenvalue weighted by Gasteiger charge is -2.20. The fourth-order valence-corrected chi connectivity index (χ4v) is 14.7. The number of rotatable bonds is 22. The van der Waals surface area contributed by atoms with E-state index in [0.717, 1.165) is 24.3 Å². The quantitative estimate of drug-likeness (QED) is 0.0218. The predicted molar refractivity (Wildman–Crippen MR) is 496 cm³/mol. The minimum atomic E-state index is -2.43. The number of benzene rings is 13. The van der Waals surface area contributed by atoms with E-state index in [4.69, 9.17) is 0 Å². The third-order valence-corrected chi connectivity index (χ3v) is 22.1. The summed E-state index contributed by atoms with van der Waals surface area (Å²) in [4.78, 5) is 14.4. The minimum absolute atomic E-state index is 0.0583. The molecular formula is C106H88F14N8. The zero-order valence-electron chi connectivity index (χ0n) is 73.0. The maximum absolute atomic E-state index is 18.7. The van der Waals surface area contributed by atoms with E-state index in [1.807, 2.05) is 0 Å². The highest BCUT2D eigenvalue weighted by molar-refractivity contribution is 6.02. The predicted octanol–water partition coefficient (Wildman–Crippen LogP) is 24.7. The summed E-state index contributed by atoms with van der Waals surface area (Å²) in [6.45, 7) is 0. The monoisotopic (exact) mass is 1740 g/mol. The molecule has 13 rings (SSSR count). The number of halogens is 14. The van der Waals surface area contributed by atoms with Crippen molar-refractivity contribution in [1.29, 1.82) is 0 Å². The average molecular weight is 1740 g/mol. The van der Waals surface area contributed by atoms with Crippen LogP contribution in [0.3, 0.4) is 0 Å². The third-order valence-electron chi connectivity index (χ3n) is 22.1. The summed E-state index contributed by atoms with van der Waals surface area (Å²) in [6, 6.07) is 58.5. The third kappa shape index (κ3) is 18.7. The van der Waals surface area contributed by atoms with Gasteiger partial charge in [-0.3, -0.25) is 0 Å². The van der Waals surface area contributed by atoms with Gasteiger partial charge in [-0.1, -0.05) is 121 Å². The molecule has 13 aromatic rings. The second kappa shape index (κ2) is 38.1. The normalized spacial score (nSPS) is 10.9. The summed E-state index contributed by atoms with van der Waals surface area (Å²) >= 11 is 0. The van der Waals surface area contributed by atoms with E-state index in [0.29, 0.717) is 90.0 Å². The molecule has 650 valence electrons. The first-order valence-electron chi connectivity index (χ1n) is 40.3. The maximum Gasteiger partial charge on any atom is 0.198 e. The Bertz CT molecular complexity index is 6040. The first-order valence-corrected chi connectivity index (χ1v) is 40.3. The smallest absolute Gasteiger partial charge is 0.198 e. The van der Waals surface area contributed by atoms with Crippen LogP contribution in [-0.4, -0.2) is 113 Å². The van der Waals surface area contributed by atoms with Gasteiger partial charge in [-0.25, -0.2) is 61.5 Å². The van der Waals surface area contributed by atoms with Gasteiger partial charge in [0.1, 0.15) is 22.8 Å². The molecule has 0 amide bonds. The van der Waals surface area contributed by atoms with Gasteiger partial charge in [0.15, 0.2) is 69.8 Å². The lowest BCUT2D eigenvalue weighted by molar-refractivity contribution is 0.409. The van der Waals surface area contributed by atoms with Gasteiger partial charge in [0, 0.05) is 214 Å². The van der Waals surface area contributed by atoms with Crippen molar-refractivity contribution in [1.82, 2.24) is 0 Å². The van der Waals surface area contributed by atoms with Crippen LogP contribution in [0.4, 0.5) is 107 Å². The lowest BCUT2D eigenvalue weighted by Crippen LogP contribution is -2.10. The van der Waals surface area contributed by atoms with E-state index in [-0.39, 0.29) is 33.4 Å². The summed E-state index contributed by atoms with van der Waals surface area (Å²) in [5.41, 5.74) is -4.03. The van der Waals surface area contributed by atoms with Crippen molar-refractivity contribution in [2.24, 2.45) is 0 Å². The molecule has 128 heavy (non-hydrogen) atoms. The first kappa shape index (κ1) is 91.1. The Hall–Kier alpha value is -14.6. The van der Waals surface area contributed by atoms with E-state index in [2.05, 4.69) is 23.7 Å². The van der Waals surface area contributed by atoms with Crippen LogP contribution in [0.5, 0.6) is 0 Å². The molecule has 0 aliphatic carbocycles. The molecule has 0 N–H and O–H groups in total. The summed E-state index contributed by atoms with van der Waals surface area (Å²) in [6.07, 6.45) is 4.01. The Labute approximate surface area is 736 Å². The highest BCUT2D eigenvalue weighted by atomic mass is 19.2. The van der Waals surface area contributed by atoms with Crippen molar-refractivity contribution in [3.05, 3.63) is 389 Å². The Morgan fingerprint density at radius 3 is 0.484 bits per heavy atom. The zero-order chi connectivity index (χ0) is 92.3. The lowest BCUT2D eigenvalue weighted by atomic mass is 9.86. The van der Waals surface area contributed by atoms with Crippen LogP contribution < -0.4 is 39.2 Å². The van der Waals surface area contributed by atoms with Crippen molar-refractivity contribution in [3.8, 4) is 45.9 Å². The molecule has 0 unspecified atom stereocenters. The molecule has 0 heterocycles. The number of nitrogens with zero attached hydrogens (tertiary/aromatic N) is 8. The van der Waals surface area contributed by atoms with E-state index < -0.39 is 137 Å². The summed E-state index contributed by atoms with van der Waals surface area (Å²) in [7, 11) is 28.6. The average Bonchev–Trinajstić information content (AvgIpc) is 0.737. The van der Waals surface area contributed by atoms with Gasteiger partial charge in [-0.05, 0) is 212 Å². The number of anilines is 8. The molecule has 0 aliphatic heterocycles. The van der Waals surface area contributed by atoms with Crippen LogP contribution in [0.15, 0.2) is 218 Å². The van der Waals surface area contributed by atoms with Crippen molar-refractivity contribution in [3.63, 3.8) is 0 Å². The van der Waals surface area contributed by atoms with Crippen LogP contribution >= 0.6 is 0 Å². The molecule has 0 fully saturated rings. The van der Waals surface area contributed by atoms with Crippen molar-refractivity contribution < 1.29 is 61.5 Å². The standard InChI is InChI=1S/C106H88F14N8/c1-121(2)71-39-23-63(24-40-71)81(64-25-41-72(42-26-64)122(3)4)57-85-89(91-87(97(111)103(117)105(119)101(91)115)59-83(67-31-47-75(48-32-67)125(9)10)68-33-49-76(50-34-68)126(11)12)99(113)95(109)79(93(85)107)55-21-61-17-19-62(20-18-61)22-56-80-94(108)86(58-82(65-27-43-73(44-28-65)123(5)6)66-29-45-74(46-30-66)124(7)8)90(100(114)96(80)110)92-88(98(112)104(118)106(120)102(92)116)60-84(69-35-51-77(52-36-69)127(13)14)70-37-53-78(54-38-70)128(15)16/h17-20,23-54,57-60H,1-16H3. The van der Waals surface area contributed by atoms with Crippen LogP contribution in [0.25, 0.3) is 68.9 Å². The Balaban J connectivity index is 1.01. The van der Waals surface area contributed by atoms with E-state index in [9.17, 15) is 0 Å². The summed E-state index contributed by atoms with van der Waals surface area (Å²) < 4.78 is 245. The fourth-order valence-electron chi connectivity index (χ4n) is 14.7. The molecule has 0 saturated carbocycles. The largest absolute Gasteiger partial charge is 0.378 e. The van der Waals surface area contributed by atoms with E-state index in [1.54, 1.807) is 346 Å². The van der Waals surface area contributed by atoms with Crippen molar-refractivity contribution in [2.45, 2.75) is 0 Å². The van der Waals surface area contributed by atoms with E-state index in [1.165, 1.54) is 24.3 Å². The van der Waals surface area contributed by atoms with Gasteiger partial charge >= 0.3 is 0 Å². The fraction of sp³-hybridized carbons (Fsp3) is 0.151. The van der Waals surface area contributed by atoms with E-state index >= 15 is 61.5 Å². The molecule has 22 heteroatoms. The molecule has 0 atom stereocenters. The van der Waals surface area contributed by atoms with Gasteiger partial charge in [0.05, 0.1) is 0 Å². The maximum atomic E-state index is 18.7. The number of hydrogen-bond donors (Lipinski definition) is 0. The molecule has 0 aromatic heterocycles. The van der Waals surface area contributed by atoms with Crippen LogP contribution in [0.2, 0.25) is 0 Å². The molecule has 13 aromatic carbocycles. The summed E-state index contributed by atoms with van der Waals surface area (Å²) in [5, 5.41) is 0. The SMILES string of the molecule is CN(C)c1ccc(C(=Cc2c(F)c(F)c(F)c(F)c2-c2c(F)c(F)c(C#Cc3ccc(C#Cc4c(F)c(F)c(-c5c(F)c(F)c(F)c(F)c5C=C(c5ccc(N(C)C)cc5)c5ccc(N(C)C)cc5)c(C=C(c5ccc(N(C)C)cc5)c5ccc(N(C)C)cc5)c4F)cc3)c(F)c2C=C(c2ccc(N(C)C)cc2)c2ccc(N(C)C)cc2)c2ccc(N(C)C)cc2)cc1. The first-order chi connectivity index (χ1) is 60.9. The zero-order valence-corrected chi connectivity index (χ0v) is 73.0. The highest BCUT2D eigenvalue weighted by Crippen LogP contribution is 2.48. The van der Waals surface area contributed by atoms with Gasteiger partial charge in [-0.15, -0.1) is 0 Å².